The first-order chi connectivity index (χ1) is 8.31. The van der Waals surface area contributed by atoms with Crippen LogP contribution in [0.5, 0.6) is 11.5 Å². The number of fused-ring (bicyclic) bond motifs is 1. The van der Waals surface area contributed by atoms with Crippen molar-refractivity contribution in [3.63, 3.8) is 0 Å². The van der Waals surface area contributed by atoms with E-state index in [2.05, 4.69) is 13.0 Å². The Hall–Kier alpha value is -1.44. The van der Waals surface area contributed by atoms with Crippen molar-refractivity contribution in [2.75, 3.05) is 13.7 Å². The first kappa shape index (κ1) is 15.6. The van der Waals surface area contributed by atoms with Crippen LogP contribution in [-0.4, -0.2) is 13.7 Å². The molecular weight excluding hydrogens is 212 g/mol. The maximum atomic E-state index is 5.53. The van der Waals surface area contributed by atoms with E-state index in [1.165, 1.54) is 5.57 Å². The van der Waals surface area contributed by atoms with Crippen molar-refractivity contribution in [3.8, 4) is 11.5 Å². The number of benzene rings is 1. The molecule has 1 heterocycles. The standard InChI is InChI=1S/C11H12O2.2C2H6/c1-8-6-9-10(12-2)4-3-5-11(9)13-7-8;2*1-2/h3-6H,7H2,1-2H3;2*1-2H3. The van der Waals surface area contributed by atoms with E-state index < -0.39 is 0 Å². The van der Waals surface area contributed by atoms with E-state index in [0.29, 0.717) is 6.61 Å². The zero-order valence-electron chi connectivity index (χ0n) is 11.8. The van der Waals surface area contributed by atoms with Crippen LogP contribution in [0.25, 0.3) is 6.08 Å². The van der Waals surface area contributed by atoms with Gasteiger partial charge in [0.2, 0.25) is 0 Å². The van der Waals surface area contributed by atoms with Gasteiger partial charge in [0.1, 0.15) is 18.1 Å². The smallest absolute Gasteiger partial charge is 0.130 e. The highest BCUT2D eigenvalue weighted by Crippen LogP contribution is 2.33. The quantitative estimate of drug-likeness (QED) is 0.712. The Kier molecular flexibility index (Phi) is 7.95. The molecule has 0 saturated heterocycles. The molecule has 0 radical (unpaired) electrons. The summed E-state index contributed by atoms with van der Waals surface area (Å²) >= 11 is 0. The van der Waals surface area contributed by atoms with E-state index in [1.807, 2.05) is 45.9 Å². The average Bonchev–Trinajstić information content (AvgIpc) is 2.42. The van der Waals surface area contributed by atoms with Gasteiger partial charge in [0.25, 0.3) is 0 Å². The topological polar surface area (TPSA) is 18.5 Å². The summed E-state index contributed by atoms with van der Waals surface area (Å²) in [4.78, 5) is 0. The third kappa shape index (κ3) is 4.14. The molecule has 0 atom stereocenters. The van der Waals surface area contributed by atoms with Gasteiger partial charge < -0.3 is 9.47 Å². The number of rotatable bonds is 1. The van der Waals surface area contributed by atoms with E-state index in [1.54, 1.807) is 7.11 Å². The Morgan fingerprint density at radius 2 is 1.76 bits per heavy atom. The van der Waals surface area contributed by atoms with Crippen LogP contribution in [-0.2, 0) is 0 Å². The molecule has 0 saturated carbocycles. The van der Waals surface area contributed by atoms with Gasteiger partial charge in [0, 0.05) is 0 Å². The van der Waals surface area contributed by atoms with Crippen LogP contribution in [0.2, 0.25) is 0 Å². The fourth-order valence-corrected chi connectivity index (χ4v) is 1.45. The Morgan fingerprint density at radius 3 is 2.35 bits per heavy atom. The molecule has 1 aliphatic heterocycles. The minimum Gasteiger partial charge on any atom is -0.496 e. The van der Waals surface area contributed by atoms with Crippen LogP contribution in [0.15, 0.2) is 23.8 Å². The molecule has 0 aliphatic carbocycles. The minimum atomic E-state index is 0.681. The zero-order chi connectivity index (χ0) is 13.3. The fourth-order valence-electron chi connectivity index (χ4n) is 1.45. The summed E-state index contributed by atoms with van der Waals surface area (Å²) in [5, 5.41) is 0. The van der Waals surface area contributed by atoms with E-state index >= 15 is 0 Å². The van der Waals surface area contributed by atoms with E-state index in [0.717, 1.165) is 17.1 Å². The molecule has 1 aromatic carbocycles. The fraction of sp³-hybridized carbons (Fsp3) is 0.467. The molecule has 2 heteroatoms. The zero-order valence-corrected chi connectivity index (χ0v) is 11.8. The predicted molar refractivity (Wildman–Crippen MR) is 74.8 cm³/mol. The lowest BCUT2D eigenvalue weighted by molar-refractivity contribution is 0.341. The van der Waals surface area contributed by atoms with Crippen molar-refractivity contribution in [1.29, 1.82) is 0 Å². The summed E-state index contributed by atoms with van der Waals surface area (Å²) in [5.74, 6) is 1.78. The maximum Gasteiger partial charge on any atom is 0.130 e. The summed E-state index contributed by atoms with van der Waals surface area (Å²) in [6.45, 7) is 10.7. The second-order valence-corrected chi connectivity index (χ2v) is 3.15. The van der Waals surface area contributed by atoms with E-state index in [-0.39, 0.29) is 0 Å². The lowest BCUT2D eigenvalue weighted by Crippen LogP contribution is -2.05. The van der Waals surface area contributed by atoms with Gasteiger partial charge in [0.15, 0.2) is 0 Å². The van der Waals surface area contributed by atoms with Gasteiger partial charge in [-0.05, 0) is 30.7 Å². The van der Waals surface area contributed by atoms with Crippen molar-refractivity contribution in [2.24, 2.45) is 0 Å². The molecule has 0 amide bonds. The number of ether oxygens (including phenoxy) is 2. The molecule has 0 fully saturated rings. The normalized spacial score (nSPS) is 11.5. The molecule has 0 aromatic heterocycles. The predicted octanol–water partition coefficient (Wildman–Crippen LogP) is 4.54. The molecule has 2 nitrogen and oxygen atoms in total. The largest absolute Gasteiger partial charge is 0.496 e. The molecule has 96 valence electrons. The molecule has 2 rings (SSSR count). The Balaban J connectivity index is 0.000000581. The molecule has 0 N–H and O–H groups in total. The van der Waals surface area contributed by atoms with Crippen molar-refractivity contribution in [3.05, 3.63) is 29.3 Å². The van der Waals surface area contributed by atoms with Gasteiger partial charge in [-0.15, -0.1) is 0 Å². The van der Waals surface area contributed by atoms with E-state index in [4.69, 9.17) is 9.47 Å². The summed E-state index contributed by atoms with van der Waals surface area (Å²) in [6.07, 6.45) is 2.11. The van der Waals surface area contributed by atoms with Gasteiger partial charge in [-0.3, -0.25) is 0 Å². The van der Waals surface area contributed by atoms with Crippen molar-refractivity contribution in [1.82, 2.24) is 0 Å². The molecule has 1 aromatic rings. The average molecular weight is 236 g/mol. The molecule has 17 heavy (non-hydrogen) atoms. The van der Waals surface area contributed by atoms with Crippen LogP contribution in [0, 0.1) is 0 Å². The molecular formula is C15H24O2. The second-order valence-electron chi connectivity index (χ2n) is 3.15. The highest BCUT2D eigenvalue weighted by Gasteiger charge is 2.12. The molecule has 0 unspecified atom stereocenters. The number of hydrogen-bond donors (Lipinski definition) is 0. The molecule has 0 spiro atoms. The Labute approximate surface area is 105 Å². The summed E-state index contributed by atoms with van der Waals surface area (Å²) < 4.78 is 10.8. The van der Waals surface area contributed by atoms with Crippen molar-refractivity contribution >= 4 is 6.08 Å². The van der Waals surface area contributed by atoms with Crippen molar-refractivity contribution in [2.45, 2.75) is 34.6 Å². The Morgan fingerprint density at radius 1 is 1.12 bits per heavy atom. The minimum absolute atomic E-state index is 0.681. The Bertz CT molecular complexity index is 354. The van der Waals surface area contributed by atoms with Crippen LogP contribution in [0.4, 0.5) is 0 Å². The van der Waals surface area contributed by atoms with E-state index in [9.17, 15) is 0 Å². The van der Waals surface area contributed by atoms with Crippen LogP contribution in [0.3, 0.4) is 0 Å². The highest BCUT2D eigenvalue weighted by atomic mass is 16.5. The second kappa shape index (κ2) is 8.68. The van der Waals surface area contributed by atoms with Gasteiger partial charge >= 0.3 is 0 Å². The lowest BCUT2D eigenvalue weighted by atomic mass is 10.1. The van der Waals surface area contributed by atoms with Gasteiger partial charge in [0.05, 0.1) is 12.7 Å². The third-order valence-corrected chi connectivity index (χ3v) is 2.09. The summed E-state index contributed by atoms with van der Waals surface area (Å²) in [7, 11) is 1.67. The van der Waals surface area contributed by atoms with Crippen molar-refractivity contribution < 1.29 is 9.47 Å². The lowest BCUT2D eigenvalue weighted by Gasteiger charge is -2.17. The first-order valence-corrected chi connectivity index (χ1v) is 6.28. The van der Waals surface area contributed by atoms with Gasteiger partial charge in [-0.25, -0.2) is 0 Å². The van der Waals surface area contributed by atoms with Gasteiger partial charge in [-0.1, -0.05) is 33.8 Å². The third-order valence-electron chi connectivity index (χ3n) is 2.09. The number of methoxy groups -OCH3 is 1. The number of hydrogen-bond acceptors (Lipinski definition) is 2. The first-order valence-electron chi connectivity index (χ1n) is 6.28. The maximum absolute atomic E-state index is 5.53. The molecule has 1 aliphatic rings. The SMILES string of the molecule is CC.CC.COc1cccc2c1C=C(C)CO2. The van der Waals surface area contributed by atoms with Gasteiger partial charge in [-0.2, -0.15) is 0 Å². The van der Waals surface area contributed by atoms with Crippen LogP contribution in [0.1, 0.15) is 40.2 Å². The summed E-state index contributed by atoms with van der Waals surface area (Å²) in [5.41, 5.74) is 2.27. The molecule has 0 bridgehead atoms. The summed E-state index contributed by atoms with van der Waals surface area (Å²) in [6, 6.07) is 5.84. The monoisotopic (exact) mass is 236 g/mol. The van der Waals surface area contributed by atoms with Crippen LogP contribution < -0.4 is 9.47 Å². The highest BCUT2D eigenvalue weighted by molar-refractivity contribution is 5.67. The van der Waals surface area contributed by atoms with Crippen LogP contribution >= 0.6 is 0 Å².